The number of phenols is 1. The van der Waals surface area contributed by atoms with Crippen LogP contribution in [-0.2, 0) is 29.1 Å². The summed E-state index contributed by atoms with van der Waals surface area (Å²) in [4.78, 5) is 77.6. The highest BCUT2D eigenvalue weighted by Gasteiger charge is 2.63. The lowest BCUT2D eigenvalue weighted by Crippen LogP contribution is -2.60. The first-order chi connectivity index (χ1) is 27.0. The van der Waals surface area contributed by atoms with Crippen molar-refractivity contribution in [1.82, 2.24) is 30.1 Å². The highest BCUT2D eigenvalue weighted by molar-refractivity contribution is 7.91. The number of ether oxygens (including phenoxy) is 1. The Morgan fingerprint density at radius 2 is 1.88 bits per heavy atom. The zero-order valence-corrected chi connectivity index (χ0v) is 34.6. The fraction of sp³-hybridized carbons (Fsp3) is 0.590. The van der Waals surface area contributed by atoms with Gasteiger partial charge in [0.2, 0.25) is 21.8 Å². The number of phenolic OH excluding ortho intramolecular Hbond substituents is 1. The van der Waals surface area contributed by atoms with Crippen molar-refractivity contribution in [2.45, 2.75) is 95.0 Å². The average Bonchev–Trinajstić information content (AvgIpc) is 3.97. The molecule has 0 spiro atoms. The molecule has 15 nitrogen and oxygen atoms in total. The predicted molar refractivity (Wildman–Crippen MR) is 212 cm³/mol. The number of alkyl carbamates (subject to hydrolysis) is 1. The molecule has 1 aromatic carbocycles. The van der Waals surface area contributed by atoms with Gasteiger partial charge in [0.05, 0.1) is 22.6 Å². The first-order valence-corrected chi connectivity index (χ1v) is 22.3. The van der Waals surface area contributed by atoms with Crippen molar-refractivity contribution < 1.29 is 42.2 Å². The van der Waals surface area contributed by atoms with Gasteiger partial charge in [-0.25, -0.2) is 18.2 Å². The molecule has 0 radical (unpaired) electrons. The quantitative estimate of drug-likeness (QED) is 0.293. The molecule has 5 aliphatic rings. The smallest absolute Gasteiger partial charge is 0.407 e. The third kappa shape index (κ3) is 8.94. The maximum Gasteiger partial charge on any atom is 0.407 e. The molecule has 0 unspecified atom stereocenters. The topological polar surface area (TPSA) is 204 Å². The number of likely N-dealkylation sites (tertiary alicyclic amines) is 1. The molecule has 4 heterocycles. The summed E-state index contributed by atoms with van der Waals surface area (Å²) in [7, 11) is -3.93. The number of aromatic hydroxyl groups is 1. The van der Waals surface area contributed by atoms with Crippen molar-refractivity contribution in [3.05, 3.63) is 45.8 Å². The number of allylic oxidation sites excluding steroid dienone is 1. The van der Waals surface area contributed by atoms with E-state index in [-0.39, 0.29) is 65.7 Å². The van der Waals surface area contributed by atoms with Crippen LogP contribution >= 0.6 is 22.9 Å². The molecule has 57 heavy (non-hydrogen) atoms. The molecule has 1 aromatic heterocycles. The Morgan fingerprint density at radius 3 is 2.60 bits per heavy atom. The SMILES string of the molecule is CC(C)(C)COC(=O)N[C@H]1CCCCC/C=C\[C@@H]2C[C@]2(C(=O)NS(=O)(=O)C2CC2)NC(=O)[C@@H]2[C@H]3CN(C(=O)c4nc(-c5ccc(O)c(Cl)c5)cs4)C[C@H]3CN2C1=O. The summed E-state index contributed by atoms with van der Waals surface area (Å²) < 4.78 is 33.5. The number of fused-ring (bicyclic) bond motifs is 4. The van der Waals surface area contributed by atoms with E-state index in [1.807, 2.05) is 32.9 Å². The van der Waals surface area contributed by atoms with Crippen LogP contribution < -0.4 is 15.4 Å². The number of halogens is 1. The van der Waals surface area contributed by atoms with E-state index in [0.717, 1.165) is 24.2 Å². The van der Waals surface area contributed by atoms with Crippen LogP contribution in [0.5, 0.6) is 5.75 Å². The Bertz CT molecular complexity index is 2080. The van der Waals surface area contributed by atoms with Gasteiger partial charge in [0.25, 0.3) is 11.8 Å². The van der Waals surface area contributed by atoms with E-state index in [1.165, 1.54) is 11.0 Å². The standard InChI is InChI=1S/C39H49ClN6O9S2/c1-38(2,3)21-55-37(52)42-28-10-8-6-4-5-7-9-24-16-39(24,36(51)44-57(53,54)25-12-13-25)43-32(48)31-26-19-45(17-23(26)18-46(31)34(28)49)35(50)33-41-29(20-56-33)22-11-14-30(47)27(40)15-22/h7,9,11,14-15,20,23-26,28,31,47H,4-6,8,10,12-13,16-19,21H2,1-3H3,(H,42,52)(H,43,48)(H,44,51)/b9-7-/t23-,24+,26-,28-,31-,39-/m0/s1. The van der Waals surface area contributed by atoms with Gasteiger partial charge in [-0.15, -0.1) is 11.3 Å². The Labute approximate surface area is 341 Å². The third-order valence-corrected chi connectivity index (χ3v) is 14.3. The number of carbonyl (C=O) groups is 5. The summed E-state index contributed by atoms with van der Waals surface area (Å²) in [6.45, 7) is 6.32. The number of rotatable bonds is 7. The highest BCUT2D eigenvalue weighted by Crippen LogP contribution is 2.47. The van der Waals surface area contributed by atoms with Crippen molar-refractivity contribution >= 4 is 62.7 Å². The van der Waals surface area contributed by atoms with Gasteiger partial charge in [0.15, 0.2) is 5.01 Å². The minimum atomic E-state index is -3.93. The van der Waals surface area contributed by atoms with Crippen LogP contribution in [0.25, 0.3) is 11.3 Å². The summed E-state index contributed by atoms with van der Waals surface area (Å²) in [6, 6.07) is 2.51. The Kier molecular flexibility index (Phi) is 11.4. The molecule has 2 saturated carbocycles. The lowest BCUT2D eigenvalue weighted by molar-refractivity contribution is -0.142. The molecule has 4 fully saturated rings. The summed E-state index contributed by atoms with van der Waals surface area (Å²) in [5, 5.41) is 16.9. The molecule has 308 valence electrons. The lowest BCUT2D eigenvalue weighted by atomic mass is 9.93. The van der Waals surface area contributed by atoms with E-state index in [1.54, 1.807) is 22.4 Å². The van der Waals surface area contributed by atoms with E-state index >= 15 is 0 Å². The normalized spacial score (nSPS) is 28.5. The maximum atomic E-state index is 14.7. The Morgan fingerprint density at radius 1 is 1.11 bits per heavy atom. The molecule has 2 aromatic rings. The summed E-state index contributed by atoms with van der Waals surface area (Å²) in [5.41, 5.74) is -0.730. The number of aromatic nitrogens is 1. The fourth-order valence-electron chi connectivity index (χ4n) is 8.01. The van der Waals surface area contributed by atoms with Crippen LogP contribution in [0.4, 0.5) is 4.79 Å². The molecular formula is C39H49ClN6O9S2. The molecular weight excluding hydrogens is 796 g/mol. The number of amides is 5. The van der Waals surface area contributed by atoms with Crippen molar-refractivity contribution in [3.8, 4) is 17.0 Å². The van der Waals surface area contributed by atoms with Crippen LogP contribution in [0, 0.1) is 23.2 Å². The van der Waals surface area contributed by atoms with E-state index in [9.17, 15) is 37.5 Å². The number of sulfonamides is 1. The van der Waals surface area contributed by atoms with Crippen LogP contribution in [0.15, 0.2) is 35.7 Å². The zero-order valence-electron chi connectivity index (χ0n) is 32.2. The molecule has 3 aliphatic heterocycles. The molecule has 6 atom stereocenters. The minimum absolute atomic E-state index is 0.0773. The number of benzene rings is 1. The number of nitrogens with one attached hydrogen (secondary N) is 3. The van der Waals surface area contributed by atoms with Gasteiger partial charge in [-0.1, -0.05) is 57.4 Å². The van der Waals surface area contributed by atoms with Crippen molar-refractivity contribution in [2.24, 2.45) is 23.2 Å². The van der Waals surface area contributed by atoms with Crippen LogP contribution in [0.2, 0.25) is 5.02 Å². The van der Waals surface area contributed by atoms with Crippen molar-refractivity contribution in [3.63, 3.8) is 0 Å². The van der Waals surface area contributed by atoms with E-state index in [0.29, 0.717) is 43.4 Å². The molecule has 7 rings (SSSR count). The van der Waals surface area contributed by atoms with Gasteiger partial charge in [0.1, 0.15) is 23.4 Å². The fourth-order valence-corrected chi connectivity index (χ4v) is 10.3. The Balaban J connectivity index is 1.16. The number of hydrogen-bond acceptors (Lipinski definition) is 11. The van der Waals surface area contributed by atoms with Gasteiger partial charge < -0.3 is 30.3 Å². The first-order valence-electron chi connectivity index (χ1n) is 19.5. The second kappa shape index (κ2) is 15.9. The maximum absolute atomic E-state index is 14.7. The summed E-state index contributed by atoms with van der Waals surface area (Å²) >= 11 is 7.25. The third-order valence-electron chi connectivity index (χ3n) is 11.4. The average molecular weight is 845 g/mol. The zero-order chi connectivity index (χ0) is 40.9. The molecule has 18 heteroatoms. The molecule has 2 aliphatic carbocycles. The van der Waals surface area contributed by atoms with Crippen LogP contribution in [0.3, 0.4) is 0 Å². The number of hydrogen-bond donors (Lipinski definition) is 4. The summed E-state index contributed by atoms with van der Waals surface area (Å²) in [6.07, 6.45) is 7.27. The summed E-state index contributed by atoms with van der Waals surface area (Å²) in [5.74, 6) is -3.67. The van der Waals surface area contributed by atoms with E-state index < -0.39 is 68.5 Å². The minimum Gasteiger partial charge on any atom is -0.506 e. The number of carbonyl (C=O) groups excluding carboxylic acids is 5. The van der Waals surface area contributed by atoms with Gasteiger partial charge in [-0.05, 0) is 62.1 Å². The van der Waals surface area contributed by atoms with Crippen LogP contribution in [0.1, 0.15) is 81.9 Å². The van der Waals surface area contributed by atoms with Crippen LogP contribution in [-0.4, -0.2) is 107 Å². The van der Waals surface area contributed by atoms with E-state index in [4.69, 9.17) is 16.3 Å². The molecule has 5 amide bonds. The molecule has 4 N–H and O–H groups in total. The number of thiazole rings is 1. The van der Waals surface area contributed by atoms with Gasteiger partial charge >= 0.3 is 6.09 Å². The molecule has 2 saturated heterocycles. The number of nitrogens with zero attached hydrogens (tertiary/aromatic N) is 3. The van der Waals surface area contributed by atoms with E-state index in [2.05, 4.69) is 20.3 Å². The largest absolute Gasteiger partial charge is 0.506 e. The van der Waals surface area contributed by atoms with Crippen molar-refractivity contribution in [1.29, 1.82) is 0 Å². The molecule has 0 bridgehead atoms. The lowest BCUT2D eigenvalue weighted by Gasteiger charge is -2.33. The van der Waals surface area contributed by atoms with Gasteiger partial charge in [0, 0.05) is 48.3 Å². The van der Waals surface area contributed by atoms with Crippen molar-refractivity contribution in [2.75, 3.05) is 26.2 Å². The second-order valence-corrected chi connectivity index (χ2v) is 20.3. The highest BCUT2D eigenvalue weighted by atomic mass is 35.5. The monoisotopic (exact) mass is 844 g/mol. The Hall–Kier alpha value is -4.22. The predicted octanol–water partition coefficient (Wildman–Crippen LogP) is 4.21. The van der Waals surface area contributed by atoms with Gasteiger partial charge in [-0.2, -0.15) is 0 Å². The van der Waals surface area contributed by atoms with Gasteiger partial charge in [-0.3, -0.25) is 23.9 Å². The first kappa shape index (κ1) is 41.0. The second-order valence-electron chi connectivity index (χ2n) is 17.1.